The van der Waals surface area contributed by atoms with Crippen molar-refractivity contribution < 1.29 is 4.79 Å². The van der Waals surface area contributed by atoms with Gasteiger partial charge in [-0.1, -0.05) is 44.5 Å². The fraction of sp³-hybridized carbons (Fsp3) is 0.450. The molecule has 0 aliphatic rings. The zero-order valence-electron chi connectivity index (χ0n) is 17.5. The molecular weight excluding hydrogens is 386 g/mol. The Morgan fingerprint density at radius 3 is 2.70 bits per heavy atom. The van der Waals surface area contributed by atoms with E-state index in [1.807, 2.05) is 45.0 Å². The summed E-state index contributed by atoms with van der Waals surface area (Å²) in [6, 6.07) is 7.31. The van der Waals surface area contributed by atoms with Gasteiger partial charge >= 0.3 is 5.69 Å². The van der Waals surface area contributed by atoms with Crippen molar-refractivity contribution in [3.05, 3.63) is 45.1 Å². The maximum Gasteiger partial charge on any atom is 0.330 e. The molecule has 3 rings (SSSR count). The quantitative estimate of drug-likeness (QED) is 0.573. The lowest BCUT2D eigenvalue weighted by Crippen LogP contribution is -2.43. The first-order valence-electron chi connectivity index (χ1n) is 10.0. The maximum atomic E-state index is 13.2. The highest BCUT2D eigenvalue weighted by atomic mass is 16.2. The van der Waals surface area contributed by atoms with Crippen molar-refractivity contribution in [1.82, 2.24) is 24.5 Å². The van der Waals surface area contributed by atoms with Gasteiger partial charge in [0.2, 0.25) is 5.91 Å². The summed E-state index contributed by atoms with van der Waals surface area (Å²) in [5.74, 6) is -0.235. The summed E-state index contributed by atoms with van der Waals surface area (Å²) in [5, 5.41) is 8.12. The van der Waals surface area contributed by atoms with Crippen molar-refractivity contribution in [2.45, 2.75) is 46.7 Å². The van der Waals surface area contributed by atoms with Gasteiger partial charge < -0.3 is 10.6 Å². The molecule has 2 aromatic heterocycles. The lowest BCUT2D eigenvalue weighted by Gasteiger charge is -2.25. The number of hydrogen-bond donors (Lipinski definition) is 2. The number of rotatable bonds is 8. The predicted octanol–water partition coefficient (Wildman–Crippen LogP) is 1.35. The molecule has 3 aromatic rings. The molecule has 2 heterocycles. The highest BCUT2D eigenvalue weighted by Gasteiger charge is 2.25. The van der Waals surface area contributed by atoms with E-state index < -0.39 is 11.2 Å². The van der Waals surface area contributed by atoms with Gasteiger partial charge in [-0.2, -0.15) is 0 Å². The van der Waals surface area contributed by atoms with Crippen molar-refractivity contribution in [1.29, 1.82) is 0 Å². The second-order valence-electron chi connectivity index (χ2n) is 7.63. The first-order valence-corrected chi connectivity index (χ1v) is 10.0. The summed E-state index contributed by atoms with van der Waals surface area (Å²) >= 11 is 0. The van der Waals surface area contributed by atoms with Crippen LogP contribution in [0.1, 0.15) is 33.6 Å². The second kappa shape index (κ2) is 8.93. The van der Waals surface area contributed by atoms with Crippen LogP contribution < -0.4 is 21.9 Å². The Hall–Kier alpha value is -3.43. The minimum atomic E-state index is -0.676. The molecule has 0 spiro atoms. The van der Waals surface area contributed by atoms with Crippen molar-refractivity contribution in [3.63, 3.8) is 0 Å². The molecule has 1 amide bonds. The number of carbonyl (C=O) groups excluding carboxylic acids is 1. The van der Waals surface area contributed by atoms with Crippen molar-refractivity contribution in [2.24, 2.45) is 5.92 Å². The average molecular weight is 413 g/mol. The third-order valence-corrected chi connectivity index (χ3v) is 4.77. The molecule has 3 N–H and O–H groups in total. The number of anilines is 2. The van der Waals surface area contributed by atoms with Crippen molar-refractivity contribution >= 4 is 28.4 Å². The molecule has 0 saturated carbocycles. The summed E-state index contributed by atoms with van der Waals surface area (Å²) < 4.78 is 2.80. The fourth-order valence-corrected chi connectivity index (χ4v) is 3.31. The number of benzene rings is 1. The largest absolute Gasteiger partial charge is 0.383 e. The van der Waals surface area contributed by atoms with Gasteiger partial charge in [-0.25, -0.2) is 9.48 Å². The summed E-state index contributed by atoms with van der Waals surface area (Å²) in [7, 11) is 0. The number of nitrogens with zero attached hydrogens (tertiary/aromatic N) is 5. The second-order valence-corrected chi connectivity index (χ2v) is 7.63. The normalized spacial score (nSPS) is 11.3. The monoisotopic (exact) mass is 413 g/mol. The minimum absolute atomic E-state index is 0.00174. The molecule has 30 heavy (non-hydrogen) atoms. The van der Waals surface area contributed by atoms with E-state index in [-0.39, 0.29) is 29.9 Å². The van der Waals surface area contributed by atoms with E-state index in [0.29, 0.717) is 30.5 Å². The number of amides is 1. The zero-order chi connectivity index (χ0) is 21.8. The molecule has 0 fully saturated rings. The van der Waals surface area contributed by atoms with Gasteiger partial charge in [0, 0.05) is 13.1 Å². The SMILES string of the molecule is CCCCN(C(=O)Cn1nnc2ccccc21)c1c(N)n(CC(C)C)c(=O)[nH]c1=O. The molecule has 160 valence electrons. The van der Waals surface area contributed by atoms with E-state index in [1.54, 1.807) is 0 Å². The number of hydrogen-bond acceptors (Lipinski definition) is 6. The Bertz CT molecular complexity index is 1160. The number of aromatic nitrogens is 5. The van der Waals surface area contributed by atoms with Crippen LogP contribution in [0.4, 0.5) is 11.5 Å². The molecule has 10 nitrogen and oxygen atoms in total. The number of carbonyl (C=O) groups is 1. The van der Waals surface area contributed by atoms with E-state index in [4.69, 9.17) is 5.73 Å². The fourth-order valence-electron chi connectivity index (χ4n) is 3.31. The highest BCUT2D eigenvalue weighted by molar-refractivity contribution is 5.96. The molecule has 0 atom stereocenters. The average Bonchev–Trinajstić information content (AvgIpc) is 3.10. The van der Waals surface area contributed by atoms with Crippen molar-refractivity contribution in [2.75, 3.05) is 17.2 Å². The van der Waals surface area contributed by atoms with Gasteiger partial charge in [0.1, 0.15) is 17.9 Å². The van der Waals surface area contributed by atoms with E-state index in [2.05, 4.69) is 15.3 Å². The smallest absolute Gasteiger partial charge is 0.330 e. The van der Waals surface area contributed by atoms with Gasteiger partial charge in [0.25, 0.3) is 5.56 Å². The predicted molar refractivity (Wildman–Crippen MR) is 115 cm³/mol. The molecule has 0 bridgehead atoms. The van der Waals surface area contributed by atoms with Gasteiger partial charge in [-0.15, -0.1) is 5.10 Å². The highest BCUT2D eigenvalue weighted by Crippen LogP contribution is 2.19. The molecule has 0 aliphatic carbocycles. The van der Waals surface area contributed by atoms with Crippen LogP contribution >= 0.6 is 0 Å². The van der Waals surface area contributed by atoms with Crippen LogP contribution in [-0.2, 0) is 17.9 Å². The van der Waals surface area contributed by atoms with Crippen LogP contribution in [0.2, 0.25) is 0 Å². The van der Waals surface area contributed by atoms with Crippen LogP contribution in [0.15, 0.2) is 33.9 Å². The summed E-state index contributed by atoms with van der Waals surface area (Å²) in [6.45, 7) is 6.39. The van der Waals surface area contributed by atoms with Crippen LogP contribution in [-0.4, -0.2) is 37.0 Å². The number of nitrogen functional groups attached to an aromatic ring is 1. The third kappa shape index (κ3) is 4.27. The topological polar surface area (TPSA) is 132 Å². The van der Waals surface area contributed by atoms with Gasteiger partial charge in [0.15, 0.2) is 5.69 Å². The van der Waals surface area contributed by atoms with Gasteiger partial charge in [-0.3, -0.25) is 19.1 Å². The van der Waals surface area contributed by atoms with Crippen LogP contribution in [0.25, 0.3) is 11.0 Å². The molecule has 10 heteroatoms. The molecule has 0 saturated heterocycles. The summed E-state index contributed by atoms with van der Waals surface area (Å²) in [4.78, 5) is 41.8. The molecule has 0 radical (unpaired) electrons. The summed E-state index contributed by atoms with van der Waals surface area (Å²) in [5.41, 5.74) is 6.35. The first-order chi connectivity index (χ1) is 14.3. The number of nitrogens with one attached hydrogen (secondary N) is 1. The Kier molecular flexibility index (Phi) is 6.34. The molecule has 0 aliphatic heterocycles. The Labute approximate surface area is 173 Å². The number of H-pyrrole nitrogens is 1. The van der Waals surface area contributed by atoms with E-state index in [0.717, 1.165) is 6.42 Å². The van der Waals surface area contributed by atoms with Gasteiger partial charge in [0.05, 0.1) is 5.52 Å². The molecule has 1 aromatic carbocycles. The first kappa shape index (κ1) is 21.3. The van der Waals surface area contributed by atoms with Crippen LogP contribution in [0.5, 0.6) is 0 Å². The summed E-state index contributed by atoms with van der Waals surface area (Å²) in [6.07, 6.45) is 1.49. The minimum Gasteiger partial charge on any atom is -0.383 e. The Balaban J connectivity index is 2.03. The van der Waals surface area contributed by atoms with Crippen LogP contribution in [0, 0.1) is 5.92 Å². The Morgan fingerprint density at radius 1 is 1.27 bits per heavy atom. The number of unbranched alkanes of at least 4 members (excludes halogenated alkanes) is 1. The lowest BCUT2D eigenvalue weighted by atomic mass is 10.2. The van der Waals surface area contributed by atoms with Crippen molar-refractivity contribution in [3.8, 4) is 0 Å². The zero-order valence-corrected chi connectivity index (χ0v) is 17.5. The third-order valence-electron chi connectivity index (χ3n) is 4.77. The molecular formula is C20H27N7O3. The number of fused-ring (bicyclic) bond motifs is 1. The maximum absolute atomic E-state index is 13.2. The lowest BCUT2D eigenvalue weighted by molar-refractivity contribution is -0.119. The number of nitrogens with two attached hydrogens (primary N) is 1. The Morgan fingerprint density at radius 2 is 2.00 bits per heavy atom. The van der Waals surface area contributed by atoms with E-state index >= 15 is 0 Å². The molecule has 0 unspecified atom stereocenters. The number of para-hydroxylation sites is 1. The van der Waals surface area contributed by atoms with E-state index in [9.17, 15) is 14.4 Å². The van der Waals surface area contributed by atoms with Gasteiger partial charge in [-0.05, 0) is 24.5 Å². The van der Waals surface area contributed by atoms with E-state index in [1.165, 1.54) is 14.1 Å². The standard InChI is InChI=1S/C20H27N7O3/c1-4-5-10-25(16(28)12-27-15-9-7-6-8-14(15)23-24-27)17-18(21)26(11-13(2)3)20(30)22-19(17)29/h6-9,13H,4-5,10-12,21H2,1-3H3,(H,22,29,30). The van der Waals surface area contributed by atoms with Crippen LogP contribution in [0.3, 0.4) is 0 Å². The number of aromatic amines is 1.